The summed E-state index contributed by atoms with van der Waals surface area (Å²) in [7, 11) is 1.34. The maximum atomic E-state index is 13.1. The molecule has 7 heteroatoms. The second-order valence-electron chi connectivity index (χ2n) is 2.81. The first-order chi connectivity index (χ1) is 7.36. The van der Waals surface area contributed by atoms with Gasteiger partial charge in [0.2, 0.25) is 0 Å². The van der Waals surface area contributed by atoms with E-state index in [0.717, 1.165) is 0 Å². The molecule has 0 saturated heterocycles. The molecule has 0 unspecified atom stereocenters. The second kappa shape index (κ2) is 5.01. The molecule has 1 aromatic rings. The van der Waals surface area contributed by atoms with Crippen LogP contribution in [-0.2, 0) is 10.9 Å². The quantitative estimate of drug-likeness (QED) is 0.627. The highest BCUT2D eigenvalue weighted by Crippen LogP contribution is 2.37. The first-order valence-electron chi connectivity index (χ1n) is 4.04. The Morgan fingerprint density at radius 3 is 2.44 bits per heavy atom. The minimum absolute atomic E-state index is 0.0123. The molecule has 0 spiro atoms. The Labute approximate surface area is 97.3 Å². The van der Waals surface area contributed by atoms with Crippen LogP contribution in [0.15, 0.2) is 16.6 Å². The van der Waals surface area contributed by atoms with Crippen LogP contribution in [0.4, 0.5) is 17.6 Å². The molecule has 0 bridgehead atoms. The monoisotopic (exact) mass is 302 g/mol. The summed E-state index contributed by atoms with van der Waals surface area (Å²) in [5.74, 6) is -1.44. The summed E-state index contributed by atoms with van der Waals surface area (Å²) in [6.07, 6.45) is -4.73. The summed E-state index contributed by atoms with van der Waals surface area (Å²) in [6, 6.07) is 1.28. The molecule has 0 aromatic heterocycles. The predicted molar refractivity (Wildman–Crippen MR) is 51.6 cm³/mol. The fourth-order valence-electron chi connectivity index (χ4n) is 0.979. The number of rotatable bonds is 3. The smallest absolute Gasteiger partial charge is 0.419 e. The third-order valence-electron chi connectivity index (χ3n) is 1.66. The average Bonchev–Trinajstić information content (AvgIpc) is 2.17. The van der Waals surface area contributed by atoms with Crippen molar-refractivity contribution in [1.82, 2.24) is 0 Å². The first-order valence-corrected chi connectivity index (χ1v) is 4.83. The zero-order chi connectivity index (χ0) is 12.3. The van der Waals surface area contributed by atoms with Gasteiger partial charge in [-0.2, -0.15) is 13.2 Å². The highest BCUT2D eigenvalue weighted by Gasteiger charge is 2.34. The normalized spacial score (nSPS) is 11.6. The summed E-state index contributed by atoms with van der Waals surface area (Å²) >= 11 is 2.86. The van der Waals surface area contributed by atoms with Gasteiger partial charge in [0.15, 0.2) is 6.79 Å². The van der Waals surface area contributed by atoms with Crippen molar-refractivity contribution in [3.63, 3.8) is 0 Å². The van der Waals surface area contributed by atoms with Crippen LogP contribution in [0.25, 0.3) is 0 Å². The fourth-order valence-corrected chi connectivity index (χ4v) is 1.44. The number of halogens is 5. The molecule has 16 heavy (non-hydrogen) atoms. The van der Waals surface area contributed by atoms with E-state index in [2.05, 4.69) is 20.7 Å². The van der Waals surface area contributed by atoms with Crippen LogP contribution in [0.1, 0.15) is 5.56 Å². The first kappa shape index (κ1) is 13.2. The van der Waals surface area contributed by atoms with E-state index in [9.17, 15) is 17.6 Å². The molecular weight excluding hydrogens is 296 g/mol. The molecule has 0 saturated carbocycles. The molecule has 0 atom stereocenters. The lowest BCUT2D eigenvalue weighted by atomic mass is 10.2. The Kier molecular flexibility index (Phi) is 4.15. The number of methoxy groups -OCH3 is 1. The largest absolute Gasteiger partial charge is 0.466 e. The zero-order valence-corrected chi connectivity index (χ0v) is 9.65. The van der Waals surface area contributed by atoms with Gasteiger partial charge >= 0.3 is 6.18 Å². The van der Waals surface area contributed by atoms with Gasteiger partial charge in [-0.05, 0) is 22.0 Å². The van der Waals surface area contributed by atoms with Gasteiger partial charge in [-0.15, -0.1) is 0 Å². The standard InChI is InChI=1S/C9H7BrF4O2/c1-15-4-16-8-3-7(11)5(2-6(8)10)9(12,13)14/h2-3H,4H2,1H3. The van der Waals surface area contributed by atoms with Crippen molar-refractivity contribution >= 4 is 15.9 Å². The molecule has 0 aliphatic carbocycles. The fraction of sp³-hybridized carbons (Fsp3) is 0.333. The molecule has 2 nitrogen and oxygen atoms in total. The van der Waals surface area contributed by atoms with E-state index >= 15 is 0 Å². The Bertz CT molecular complexity index is 379. The molecular formula is C9H7BrF4O2. The van der Waals surface area contributed by atoms with E-state index in [4.69, 9.17) is 4.74 Å². The van der Waals surface area contributed by atoms with Gasteiger partial charge in [-0.3, -0.25) is 0 Å². The van der Waals surface area contributed by atoms with Crippen molar-refractivity contribution in [2.75, 3.05) is 13.9 Å². The van der Waals surface area contributed by atoms with Gasteiger partial charge < -0.3 is 9.47 Å². The highest BCUT2D eigenvalue weighted by molar-refractivity contribution is 9.10. The topological polar surface area (TPSA) is 18.5 Å². The highest BCUT2D eigenvalue weighted by atomic mass is 79.9. The number of hydrogen-bond acceptors (Lipinski definition) is 2. The number of hydrogen-bond donors (Lipinski definition) is 0. The summed E-state index contributed by atoms with van der Waals surface area (Å²) in [4.78, 5) is 0. The third-order valence-corrected chi connectivity index (χ3v) is 2.28. The van der Waals surface area contributed by atoms with Crippen LogP contribution in [0.2, 0.25) is 0 Å². The summed E-state index contributed by atoms with van der Waals surface area (Å²) in [5, 5.41) is 0. The lowest BCUT2D eigenvalue weighted by molar-refractivity contribution is -0.140. The number of benzene rings is 1. The second-order valence-corrected chi connectivity index (χ2v) is 3.67. The predicted octanol–water partition coefficient (Wildman–Crippen LogP) is 3.59. The van der Waals surface area contributed by atoms with Gasteiger partial charge in [-0.25, -0.2) is 4.39 Å². The van der Waals surface area contributed by atoms with Gasteiger partial charge in [-0.1, -0.05) is 0 Å². The Hall–Kier alpha value is -0.820. The summed E-state index contributed by atoms with van der Waals surface area (Å²) in [5.41, 5.74) is -1.34. The Balaban J connectivity index is 3.07. The summed E-state index contributed by atoms with van der Waals surface area (Å²) < 4.78 is 59.4. The maximum Gasteiger partial charge on any atom is 0.419 e. The Morgan fingerprint density at radius 2 is 1.94 bits per heavy atom. The van der Waals surface area contributed by atoms with Gasteiger partial charge in [0.1, 0.15) is 11.6 Å². The molecule has 0 N–H and O–H groups in total. The molecule has 0 aliphatic rings. The third kappa shape index (κ3) is 3.08. The van der Waals surface area contributed by atoms with E-state index < -0.39 is 17.6 Å². The van der Waals surface area contributed by atoms with Gasteiger partial charge in [0.05, 0.1) is 10.0 Å². The van der Waals surface area contributed by atoms with Crippen LogP contribution in [0.5, 0.6) is 5.75 Å². The SMILES string of the molecule is COCOc1cc(F)c(C(F)(F)F)cc1Br. The minimum atomic E-state index is -4.73. The van der Waals surface area contributed by atoms with Gasteiger partial charge in [0.25, 0.3) is 0 Å². The summed E-state index contributed by atoms with van der Waals surface area (Å²) in [6.45, 7) is -0.177. The molecule has 0 aliphatic heterocycles. The van der Waals surface area contributed by atoms with Crippen LogP contribution in [0, 0.1) is 5.82 Å². The van der Waals surface area contributed by atoms with Crippen LogP contribution < -0.4 is 4.74 Å². The van der Waals surface area contributed by atoms with E-state index in [1.807, 2.05) is 0 Å². The molecule has 0 heterocycles. The van der Waals surface area contributed by atoms with Crippen molar-refractivity contribution in [2.45, 2.75) is 6.18 Å². The van der Waals surface area contributed by atoms with Crippen molar-refractivity contribution in [1.29, 1.82) is 0 Å². The molecule has 0 radical (unpaired) electrons. The molecule has 0 amide bonds. The van der Waals surface area contributed by atoms with Crippen molar-refractivity contribution < 1.29 is 27.0 Å². The zero-order valence-electron chi connectivity index (χ0n) is 8.07. The van der Waals surface area contributed by atoms with Crippen LogP contribution >= 0.6 is 15.9 Å². The van der Waals surface area contributed by atoms with Crippen molar-refractivity contribution in [2.24, 2.45) is 0 Å². The lowest BCUT2D eigenvalue weighted by Gasteiger charge is -2.12. The van der Waals surface area contributed by atoms with Crippen molar-refractivity contribution in [3.05, 3.63) is 28.0 Å². The van der Waals surface area contributed by atoms with E-state index in [1.54, 1.807) is 0 Å². The minimum Gasteiger partial charge on any atom is -0.466 e. The van der Waals surface area contributed by atoms with E-state index in [1.165, 1.54) is 7.11 Å². The molecule has 1 rings (SSSR count). The maximum absolute atomic E-state index is 13.1. The van der Waals surface area contributed by atoms with Crippen LogP contribution in [0.3, 0.4) is 0 Å². The molecule has 90 valence electrons. The molecule has 1 aromatic carbocycles. The Morgan fingerprint density at radius 1 is 1.31 bits per heavy atom. The molecule has 0 fully saturated rings. The van der Waals surface area contributed by atoms with Gasteiger partial charge in [0, 0.05) is 13.2 Å². The van der Waals surface area contributed by atoms with E-state index in [0.29, 0.717) is 12.1 Å². The van der Waals surface area contributed by atoms with Crippen molar-refractivity contribution in [3.8, 4) is 5.75 Å². The average molecular weight is 303 g/mol. The van der Waals surface area contributed by atoms with Crippen LogP contribution in [-0.4, -0.2) is 13.9 Å². The number of alkyl halides is 3. The number of ether oxygens (including phenoxy) is 2. The lowest BCUT2D eigenvalue weighted by Crippen LogP contribution is -2.09. The van der Waals surface area contributed by atoms with E-state index in [-0.39, 0.29) is 17.0 Å².